The average molecular weight is 204 g/mol. The van der Waals surface area contributed by atoms with E-state index in [4.69, 9.17) is 15.7 Å². The molecular weight excluding hydrogens is 192 g/mol. The first-order valence-corrected chi connectivity index (χ1v) is 4.45. The molecule has 0 bridgehead atoms. The van der Waals surface area contributed by atoms with E-state index in [1.165, 1.54) is 0 Å². The molecule has 0 fully saturated rings. The van der Waals surface area contributed by atoms with Gasteiger partial charge >= 0.3 is 6.09 Å². The van der Waals surface area contributed by atoms with Crippen LogP contribution in [-0.2, 0) is 5.41 Å². The minimum Gasteiger partial charge on any atom is -0.410 e. The van der Waals surface area contributed by atoms with Crippen LogP contribution in [0, 0.1) is 11.3 Å². The average Bonchev–Trinajstić information content (AvgIpc) is 2.17. The second-order valence-corrected chi connectivity index (χ2v) is 3.69. The van der Waals surface area contributed by atoms with Crippen molar-refractivity contribution in [3.63, 3.8) is 0 Å². The quantitative estimate of drug-likeness (QED) is 0.799. The van der Waals surface area contributed by atoms with E-state index in [0.29, 0.717) is 5.75 Å². The third kappa shape index (κ3) is 2.71. The van der Waals surface area contributed by atoms with Crippen molar-refractivity contribution in [1.82, 2.24) is 0 Å². The molecule has 0 aliphatic carbocycles. The number of hydrogen-bond acceptors (Lipinski definition) is 3. The maximum absolute atomic E-state index is 10.5. The maximum atomic E-state index is 10.5. The third-order valence-electron chi connectivity index (χ3n) is 2.05. The molecule has 0 atom stereocenters. The molecule has 0 aliphatic heterocycles. The van der Waals surface area contributed by atoms with E-state index in [2.05, 4.69) is 6.07 Å². The summed E-state index contributed by atoms with van der Waals surface area (Å²) in [6, 6.07) is 8.93. The van der Waals surface area contributed by atoms with Gasteiger partial charge in [0.1, 0.15) is 5.75 Å². The van der Waals surface area contributed by atoms with Gasteiger partial charge < -0.3 is 10.5 Å². The number of nitrogens with zero attached hydrogens (tertiary/aromatic N) is 1. The summed E-state index contributed by atoms with van der Waals surface area (Å²) < 4.78 is 4.72. The Morgan fingerprint density at radius 2 is 2.20 bits per heavy atom. The molecule has 0 saturated heterocycles. The summed E-state index contributed by atoms with van der Waals surface area (Å²) in [5.41, 5.74) is 5.06. The summed E-state index contributed by atoms with van der Waals surface area (Å²) in [6.07, 6.45) is -0.859. The first-order valence-electron chi connectivity index (χ1n) is 4.45. The second kappa shape index (κ2) is 4.01. The van der Waals surface area contributed by atoms with Crippen LogP contribution in [-0.4, -0.2) is 6.09 Å². The van der Waals surface area contributed by atoms with Crippen molar-refractivity contribution in [3.8, 4) is 11.8 Å². The number of rotatable bonds is 2. The van der Waals surface area contributed by atoms with Crippen LogP contribution in [0.2, 0.25) is 0 Å². The molecule has 0 radical (unpaired) electrons. The van der Waals surface area contributed by atoms with Crippen molar-refractivity contribution in [2.75, 3.05) is 0 Å². The summed E-state index contributed by atoms with van der Waals surface area (Å²) in [5, 5.41) is 8.94. The number of hydrogen-bond donors (Lipinski definition) is 1. The normalized spacial score (nSPS) is 10.5. The molecule has 0 unspecified atom stereocenters. The number of amides is 1. The second-order valence-electron chi connectivity index (χ2n) is 3.69. The molecule has 0 saturated carbocycles. The smallest absolute Gasteiger partial charge is 0.409 e. The number of nitriles is 1. The van der Waals surface area contributed by atoms with Gasteiger partial charge in [0.05, 0.1) is 11.5 Å². The third-order valence-corrected chi connectivity index (χ3v) is 2.05. The van der Waals surface area contributed by atoms with E-state index in [0.717, 1.165) is 5.56 Å². The summed E-state index contributed by atoms with van der Waals surface area (Å²) in [5.74, 6) is 0.350. The van der Waals surface area contributed by atoms with Crippen molar-refractivity contribution in [1.29, 1.82) is 5.26 Å². The van der Waals surface area contributed by atoms with Gasteiger partial charge in [-0.15, -0.1) is 0 Å². The standard InChI is InChI=1S/C11H12N2O2/c1-11(2,7-12)8-4-3-5-9(6-8)15-10(13)14/h3-6H,1-2H3,(H2,13,14). The van der Waals surface area contributed by atoms with E-state index in [1.54, 1.807) is 38.1 Å². The van der Waals surface area contributed by atoms with Gasteiger partial charge in [0.2, 0.25) is 0 Å². The molecule has 78 valence electrons. The molecule has 1 rings (SSSR count). The largest absolute Gasteiger partial charge is 0.410 e. The Balaban J connectivity index is 3.04. The minimum absolute atomic E-state index is 0.350. The maximum Gasteiger partial charge on any atom is 0.409 e. The zero-order valence-electron chi connectivity index (χ0n) is 8.65. The molecule has 1 aromatic carbocycles. The summed E-state index contributed by atoms with van der Waals surface area (Å²) in [6.45, 7) is 3.58. The van der Waals surface area contributed by atoms with Gasteiger partial charge in [0, 0.05) is 0 Å². The summed E-state index contributed by atoms with van der Waals surface area (Å²) in [7, 11) is 0. The van der Waals surface area contributed by atoms with Crippen LogP contribution < -0.4 is 10.5 Å². The molecule has 0 spiro atoms. The minimum atomic E-state index is -0.859. The molecule has 0 heterocycles. The van der Waals surface area contributed by atoms with Crippen molar-refractivity contribution >= 4 is 6.09 Å². The Morgan fingerprint density at radius 3 is 2.73 bits per heavy atom. The SMILES string of the molecule is CC(C)(C#N)c1cccc(OC(N)=O)c1. The molecule has 1 aromatic rings. The summed E-state index contributed by atoms with van der Waals surface area (Å²) in [4.78, 5) is 10.5. The number of nitrogens with two attached hydrogens (primary N) is 1. The molecule has 4 nitrogen and oxygen atoms in total. The summed E-state index contributed by atoms with van der Waals surface area (Å²) >= 11 is 0. The van der Waals surface area contributed by atoms with Crippen molar-refractivity contribution in [2.24, 2.45) is 5.73 Å². The Bertz CT molecular complexity index is 419. The number of primary amides is 1. The van der Waals surface area contributed by atoms with Crippen molar-refractivity contribution in [2.45, 2.75) is 19.3 Å². The Kier molecular flexibility index (Phi) is 2.96. The fraction of sp³-hybridized carbons (Fsp3) is 0.273. The van der Waals surface area contributed by atoms with E-state index >= 15 is 0 Å². The Labute approximate surface area is 88.3 Å². The highest BCUT2D eigenvalue weighted by Gasteiger charge is 2.20. The molecule has 1 amide bonds. The van der Waals surface area contributed by atoms with Crippen LogP contribution in [0.4, 0.5) is 4.79 Å². The number of ether oxygens (including phenoxy) is 1. The van der Waals surface area contributed by atoms with Crippen molar-refractivity contribution in [3.05, 3.63) is 29.8 Å². The molecule has 2 N–H and O–H groups in total. The van der Waals surface area contributed by atoms with E-state index in [1.807, 2.05) is 0 Å². The topological polar surface area (TPSA) is 76.1 Å². The van der Waals surface area contributed by atoms with Crippen LogP contribution in [0.25, 0.3) is 0 Å². The van der Waals surface area contributed by atoms with Crippen LogP contribution in [0.15, 0.2) is 24.3 Å². The first-order chi connectivity index (χ1) is 6.95. The van der Waals surface area contributed by atoms with Crippen LogP contribution in [0.1, 0.15) is 19.4 Å². The molecular formula is C11H12N2O2. The highest BCUT2D eigenvalue weighted by Crippen LogP contribution is 2.25. The van der Waals surface area contributed by atoms with Crippen LogP contribution in [0.5, 0.6) is 5.75 Å². The van der Waals surface area contributed by atoms with Gasteiger partial charge in [-0.3, -0.25) is 0 Å². The highest BCUT2D eigenvalue weighted by molar-refractivity contribution is 5.68. The fourth-order valence-corrected chi connectivity index (χ4v) is 1.13. The van der Waals surface area contributed by atoms with Gasteiger partial charge in [-0.2, -0.15) is 5.26 Å². The van der Waals surface area contributed by atoms with Gasteiger partial charge in [-0.05, 0) is 31.5 Å². The number of carbonyl (C=O) groups excluding carboxylic acids is 1. The lowest BCUT2D eigenvalue weighted by atomic mass is 9.86. The Hall–Kier alpha value is -2.02. The van der Waals surface area contributed by atoms with Gasteiger partial charge in [-0.25, -0.2) is 4.79 Å². The first kappa shape index (κ1) is 11.1. The van der Waals surface area contributed by atoms with Gasteiger partial charge in [-0.1, -0.05) is 12.1 Å². The van der Waals surface area contributed by atoms with E-state index < -0.39 is 11.5 Å². The van der Waals surface area contributed by atoms with E-state index in [-0.39, 0.29) is 0 Å². The van der Waals surface area contributed by atoms with Crippen molar-refractivity contribution < 1.29 is 9.53 Å². The Morgan fingerprint density at radius 1 is 1.53 bits per heavy atom. The molecule has 0 aliphatic rings. The van der Waals surface area contributed by atoms with Crippen LogP contribution in [0.3, 0.4) is 0 Å². The predicted molar refractivity (Wildman–Crippen MR) is 55.3 cm³/mol. The molecule has 4 heteroatoms. The predicted octanol–water partition coefficient (Wildman–Crippen LogP) is 1.95. The zero-order valence-corrected chi connectivity index (χ0v) is 8.65. The van der Waals surface area contributed by atoms with Gasteiger partial charge in [0.15, 0.2) is 0 Å². The monoisotopic (exact) mass is 204 g/mol. The molecule has 15 heavy (non-hydrogen) atoms. The van der Waals surface area contributed by atoms with E-state index in [9.17, 15) is 4.79 Å². The lowest BCUT2D eigenvalue weighted by Crippen LogP contribution is -2.17. The van der Waals surface area contributed by atoms with Crippen LogP contribution >= 0.6 is 0 Å². The fourth-order valence-electron chi connectivity index (χ4n) is 1.13. The lowest BCUT2D eigenvalue weighted by Gasteiger charge is -2.16. The lowest BCUT2D eigenvalue weighted by molar-refractivity contribution is 0.211. The highest BCUT2D eigenvalue weighted by atomic mass is 16.5. The number of benzene rings is 1. The zero-order chi connectivity index (χ0) is 11.5. The molecule has 0 aromatic heterocycles. The number of carbonyl (C=O) groups is 1. The van der Waals surface area contributed by atoms with Gasteiger partial charge in [0.25, 0.3) is 0 Å².